The largest absolute Gasteiger partial charge is 0.490 e. The highest BCUT2D eigenvalue weighted by atomic mass is 32.2. The first-order chi connectivity index (χ1) is 24.6. The fourth-order valence-corrected chi connectivity index (χ4v) is 8.06. The lowest BCUT2D eigenvalue weighted by atomic mass is 10.00. The van der Waals surface area contributed by atoms with Gasteiger partial charge in [0.2, 0.25) is 9.84 Å². The minimum atomic E-state index is -5.08. The highest BCUT2D eigenvalue weighted by Crippen LogP contribution is 2.38. The lowest BCUT2D eigenvalue weighted by molar-refractivity contribution is -0.193. The topological polar surface area (TPSA) is 209 Å². The maximum atomic E-state index is 13.5. The SMILES string of the molecule is CSc1sc(C(=N)N)cc1S(=O)(=O)c1cccc(-c2ccc(NC(N)=NCCCc3ccccc3)cc2C)c1.O=C(O)C(F)(F)F.O=C(O)C(F)(F)F. The Morgan fingerprint density at radius 1 is 0.906 bits per heavy atom. The van der Waals surface area contributed by atoms with Crippen molar-refractivity contribution in [2.75, 3.05) is 18.1 Å². The Balaban J connectivity index is 0.000000587. The average molecular weight is 806 g/mol. The smallest absolute Gasteiger partial charge is 0.475 e. The number of hydrogen-bond donors (Lipinski definition) is 6. The number of nitrogens with zero attached hydrogens (tertiary/aromatic N) is 1. The molecular formula is C33H33F6N5O6S3. The van der Waals surface area contributed by atoms with E-state index in [1.165, 1.54) is 34.7 Å². The summed E-state index contributed by atoms with van der Waals surface area (Å²) < 4.78 is 91.1. The summed E-state index contributed by atoms with van der Waals surface area (Å²) in [5, 5.41) is 25.1. The van der Waals surface area contributed by atoms with E-state index in [0.29, 0.717) is 21.6 Å². The summed E-state index contributed by atoms with van der Waals surface area (Å²) in [5.41, 5.74) is 16.5. The number of hydrogen-bond acceptors (Lipinski definition) is 8. The molecule has 0 aliphatic heterocycles. The van der Waals surface area contributed by atoms with E-state index in [4.69, 9.17) is 36.7 Å². The molecule has 1 heterocycles. The van der Waals surface area contributed by atoms with Gasteiger partial charge >= 0.3 is 24.3 Å². The van der Waals surface area contributed by atoms with Crippen molar-refractivity contribution in [3.63, 3.8) is 0 Å². The van der Waals surface area contributed by atoms with Crippen LogP contribution in [-0.2, 0) is 25.8 Å². The van der Waals surface area contributed by atoms with Crippen LogP contribution in [0.4, 0.5) is 32.0 Å². The Morgan fingerprint density at radius 3 is 2.00 bits per heavy atom. The molecule has 0 atom stereocenters. The molecule has 0 saturated carbocycles. The number of halogens is 6. The Hall–Kier alpha value is -5.08. The predicted molar refractivity (Wildman–Crippen MR) is 191 cm³/mol. The second-order valence-electron chi connectivity index (χ2n) is 10.5. The summed E-state index contributed by atoms with van der Waals surface area (Å²) in [4.78, 5) is 23.0. The third kappa shape index (κ3) is 13.8. The minimum Gasteiger partial charge on any atom is -0.475 e. The normalized spacial score (nSPS) is 11.7. The van der Waals surface area contributed by atoms with Crippen LogP contribution >= 0.6 is 23.1 Å². The first-order valence-corrected chi connectivity index (χ1v) is 18.3. The van der Waals surface area contributed by atoms with Crippen LogP contribution in [-0.4, -0.2) is 67.5 Å². The van der Waals surface area contributed by atoms with E-state index < -0.39 is 34.1 Å². The maximum absolute atomic E-state index is 13.5. The van der Waals surface area contributed by atoms with Gasteiger partial charge in [-0.2, -0.15) is 26.3 Å². The van der Waals surface area contributed by atoms with Crippen molar-refractivity contribution >= 4 is 62.4 Å². The van der Waals surface area contributed by atoms with Crippen molar-refractivity contribution in [1.82, 2.24) is 0 Å². The molecule has 0 amide bonds. The highest BCUT2D eigenvalue weighted by molar-refractivity contribution is 8.01. The monoisotopic (exact) mass is 805 g/mol. The number of alkyl halides is 6. The lowest BCUT2D eigenvalue weighted by Gasteiger charge is -2.12. The molecule has 0 spiro atoms. The van der Waals surface area contributed by atoms with Crippen molar-refractivity contribution < 1.29 is 54.6 Å². The number of benzene rings is 3. The summed E-state index contributed by atoms with van der Waals surface area (Å²) in [6.07, 6.45) is -6.50. The van der Waals surface area contributed by atoms with Gasteiger partial charge in [0, 0.05) is 12.2 Å². The van der Waals surface area contributed by atoms with Gasteiger partial charge in [-0.05, 0) is 78.6 Å². The number of carboxylic acid groups (broad SMARTS) is 2. The number of thiophene rings is 1. The van der Waals surface area contributed by atoms with Crippen LogP contribution in [0.3, 0.4) is 0 Å². The van der Waals surface area contributed by atoms with E-state index in [0.717, 1.165) is 35.2 Å². The molecule has 53 heavy (non-hydrogen) atoms. The predicted octanol–water partition coefficient (Wildman–Crippen LogP) is 7.19. The Morgan fingerprint density at radius 2 is 1.49 bits per heavy atom. The molecule has 0 fully saturated rings. The first-order valence-electron chi connectivity index (χ1n) is 14.8. The molecule has 0 aliphatic rings. The van der Waals surface area contributed by atoms with Gasteiger partial charge in [0.1, 0.15) is 5.84 Å². The van der Waals surface area contributed by atoms with Gasteiger partial charge in [0.05, 0.1) is 18.9 Å². The Bertz CT molecular complexity index is 2010. The molecule has 0 unspecified atom stereocenters. The number of amidine groups is 1. The van der Waals surface area contributed by atoms with Gasteiger partial charge in [0.15, 0.2) is 5.96 Å². The van der Waals surface area contributed by atoms with Crippen LogP contribution in [0.15, 0.2) is 97.9 Å². The number of rotatable bonds is 10. The maximum Gasteiger partial charge on any atom is 0.490 e. The standard InChI is InChI=1S/C29H31N5O2S3.2C2HF3O2/c1-19-16-22(34-29(32)33-15-7-10-20-8-4-3-5-9-20)13-14-24(19)21-11-6-12-23(17-21)39(35,36)26-18-25(27(30)31)38-28(26)37-2;2*3-2(4,5)1(6)7/h3-6,8-9,11-14,16-18H,7,10,15H2,1-2H3,(H3,30,31)(H3,32,33,34);2*(H,6,7). The number of thioether (sulfide) groups is 1. The van der Waals surface area contributed by atoms with Crippen LogP contribution in [0.1, 0.15) is 22.4 Å². The van der Waals surface area contributed by atoms with E-state index >= 15 is 0 Å². The Labute approximate surface area is 308 Å². The molecule has 11 nitrogen and oxygen atoms in total. The van der Waals surface area contributed by atoms with E-state index in [-0.39, 0.29) is 15.6 Å². The highest BCUT2D eigenvalue weighted by Gasteiger charge is 2.39. The molecule has 0 aliphatic carbocycles. The molecule has 4 rings (SSSR count). The van der Waals surface area contributed by atoms with Gasteiger partial charge in [-0.25, -0.2) is 18.0 Å². The quantitative estimate of drug-likeness (QED) is 0.0313. The molecule has 3 aromatic carbocycles. The van der Waals surface area contributed by atoms with Crippen LogP contribution in [0.2, 0.25) is 0 Å². The zero-order valence-corrected chi connectivity index (χ0v) is 30.2. The van der Waals surface area contributed by atoms with Crippen molar-refractivity contribution in [2.24, 2.45) is 16.5 Å². The molecule has 286 valence electrons. The van der Waals surface area contributed by atoms with Crippen molar-refractivity contribution in [3.8, 4) is 11.1 Å². The van der Waals surface area contributed by atoms with Crippen LogP contribution < -0.4 is 16.8 Å². The number of nitrogen functional groups attached to an aromatic ring is 1. The van der Waals surface area contributed by atoms with Gasteiger partial charge in [-0.15, -0.1) is 23.1 Å². The third-order valence-corrected chi connectivity index (χ3v) is 10.9. The molecule has 20 heteroatoms. The summed E-state index contributed by atoms with van der Waals surface area (Å²) >= 11 is 2.54. The summed E-state index contributed by atoms with van der Waals surface area (Å²) in [7, 11) is -3.80. The number of nitrogens with two attached hydrogens (primary N) is 2. The fourth-order valence-electron chi connectivity index (χ4n) is 4.16. The number of anilines is 1. The molecule has 0 saturated heterocycles. The minimum absolute atomic E-state index is 0.146. The first kappa shape index (κ1) is 44.1. The number of nitrogens with one attached hydrogen (secondary N) is 2. The molecule has 0 radical (unpaired) electrons. The number of sulfone groups is 1. The number of aryl methyl sites for hydroxylation is 2. The second kappa shape index (κ2) is 19.1. The number of carboxylic acids is 2. The molecule has 8 N–H and O–H groups in total. The summed E-state index contributed by atoms with van der Waals surface area (Å²) in [5.74, 6) is -5.30. The number of aliphatic carboxylic acids is 2. The Kier molecular flexibility index (Phi) is 15.9. The summed E-state index contributed by atoms with van der Waals surface area (Å²) in [6.45, 7) is 2.60. The van der Waals surface area contributed by atoms with Crippen LogP contribution in [0.5, 0.6) is 0 Å². The van der Waals surface area contributed by atoms with Crippen molar-refractivity contribution in [1.29, 1.82) is 5.41 Å². The van der Waals surface area contributed by atoms with Crippen molar-refractivity contribution in [3.05, 3.63) is 94.9 Å². The van der Waals surface area contributed by atoms with Gasteiger partial charge in [-0.1, -0.05) is 48.5 Å². The third-order valence-electron chi connectivity index (χ3n) is 6.59. The van der Waals surface area contributed by atoms with E-state index in [9.17, 15) is 34.8 Å². The van der Waals surface area contributed by atoms with Gasteiger partial charge in [0.25, 0.3) is 0 Å². The molecular weight excluding hydrogens is 773 g/mol. The molecule has 4 aromatic rings. The zero-order valence-electron chi connectivity index (χ0n) is 27.7. The zero-order chi connectivity index (χ0) is 40.1. The van der Waals surface area contributed by atoms with Crippen LogP contribution in [0, 0.1) is 12.3 Å². The molecule has 1 aromatic heterocycles. The summed E-state index contributed by atoms with van der Waals surface area (Å²) in [6, 6.07) is 24.5. The van der Waals surface area contributed by atoms with Crippen molar-refractivity contribution in [2.45, 2.75) is 46.1 Å². The number of guanidine groups is 1. The lowest BCUT2D eigenvalue weighted by Crippen LogP contribution is -2.23. The van der Waals surface area contributed by atoms with E-state index in [1.807, 2.05) is 55.6 Å². The fraction of sp³-hybridized carbons (Fsp3) is 0.212. The van der Waals surface area contributed by atoms with E-state index in [2.05, 4.69) is 22.4 Å². The number of aliphatic imine (C=N–C) groups is 1. The average Bonchev–Trinajstić information content (AvgIpc) is 3.53. The van der Waals surface area contributed by atoms with E-state index in [1.54, 1.807) is 18.2 Å². The van der Waals surface area contributed by atoms with Crippen LogP contribution in [0.25, 0.3) is 11.1 Å². The molecule has 0 bridgehead atoms. The second-order valence-corrected chi connectivity index (χ2v) is 14.6. The van der Waals surface area contributed by atoms with Gasteiger partial charge < -0.3 is 27.0 Å². The van der Waals surface area contributed by atoms with Gasteiger partial charge in [-0.3, -0.25) is 10.4 Å². The number of carbonyl (C=O) groups is 2.